The van der Waals surface area contributed by atoms with Gasteiger partial charge in [0.1, 0.15) is 30.1 Å². The summed E-state index contributed by atoms with van der Waals surface area (Å²) >= 11 is 0. The van der Waals surface area contributed by atoms with Crippen LogP contribution in [-0.4, -0.2) is 99.4 Å². The minimum Gasteiger partial charge on any atom is -0.471 e. The van der Waals surface area contributed by atoms with Gasteiger partial charge in [-0.3, -0.25) is 19.2 Å². The van der Waals surface area contributed by atoms with Crippen molar-refractivity contribution in [3.63, 3.8) is 0 Å². The number of hydrogen-bond donors (Lipinski definition) is 2. The molecule has 1 spiro atoms. The van der Waals surface area contributed by atoms with Crippen molar-refractivity contribution in [3.05, 3.63) is 18.1 Å². The summed E-state index contributed by atoms with van der Waals surface area (Å²) in [4.78, 5) is 60.2. The number of fused-ring (bicyclic) bond motifs is 6. The maximum atomic E-state index is 15.2. The van der Waals surface area contributed by atoms with Crippen LogP contribution in [0.3, 0.4) is 0 Å². The molecular weight excluding hydrogens is 707 g/mol. The number of nitrogens with zero attached hydrogens (tertiary/aromatic N) is 4. The van der Waals surface area contributed by atoms with Crippen molar-refractivity contribution in [2.75, 3.05) is 18.4 Å². The third-order valence-corrected chi connectivity index (χ3v) is 10.8. The molecule has 1 aromatic heterocycles. The van der Waals surface area contributed by atoms with Crippen molar-refractivity contribution in [2.24, 2.45) is 29.1 Å². The monoisotopic (exact) mass is 738 g/mol. The summed E-state index contributed by atoms with van der Waals surface area (Å²) in [6.07, 6.45) is -14.2. The fourth-order valence-corrected chi connectivity index (χ4v) is 8.41. The molecule has 4 fully saturated rings. The first kappa shape index (κ1) is 36.5. The molecule has 0 aromatic carbocycles. The Labute approximate surface area is 283 Å². The topological polar surface area (TPSA) is 145 Å². The number of amides is 4. The second-order valence-electron chi connectivity index (χ2n) is 14.9. The van der Waals surface area contributed by atoms with E-state index in [0.717, 1.165) is 22.1 Å². The van der Waals surface area contributed by atoms with E-state index in [1.807, 2.05) is 6.07 Å². The third kappa shape index (κ3) is 5.52. The summed E-state index contributed by atoms with van der Waals surface area (Å²) in [6, 6.07) is -2.53. The molecule has 4 amide bonds. The first-order valence-electron chi connectivity index (χ1n) is 15.9. The summed E-state index contributed by atoms with van der Waals surface area (Å²) in [5, 5.41) is 13.8. The highest BCUT2D eigenvalue weighted by Gasteiger charge is 2.78. The Morgan fingerprint density at radius 1 is 1.08 bits per heavy atom. The highest BCUT2D eigenvalue weighted by molar-refractivity contribution is 6.02. The third-order valence-electron chi connectivity index (χ3n) is 10.8. The SMILES string of the molecule is CC(C)(C)C(NC(=O)C(F)(C(F)(F)F)C(F)(F)F)C(=O)N1CC2C3CC(F)C(C3)C2C1C(=O)N1CC2(CC1C#N)Oc1cc(F)cnc1NC2=O. The van der Waals surface area contributed by atoms with E-state index in [0.29, 0.717) is 6.42 Å². The Hall–Kier alpha value is -4.31. The predicted molar refractivity (Wildman–Crippen MR) is 153 cm³/mol. The van der Waals surface area contributed by atoms with Gasteiger partial charge in [0.25, 0.3) is 11.8 Å². The number of nitrogens with one attached hydrogen (secondary N) is 2. The highest BCUT2D eigenvalue weighted by atomic mass is 19.4. The lowest BCUT2D eigenvalue weighted by Crippen LogP contribution is -2.67. The van der Waals surface area contributed by atoms with E-state index in [9.17, 15) is 59.6 Å². The number of carbonyl (C=O) groups is 4. The number of ether oxygens (including phenoxy) is 1. The van der Waals surface area contributed by atoms with Gasteiger partial charge in [-0.15, -0.1) is 0 Å². The van der Waals surface area contributed by atoms with Crippen LogP contribution in [0.15, 0.2) is 12.3 Å². The van der Waals surface area contributed by atoms with Crippen molar-refractivity contribution in [1.82, 2.24) is 20.1 Å². The number of aromatic nitrogens is 1. The number of nitriles is 1. The summed E-state index contributed by atoms with van der Waals surface area (Å²) in [7, 11) is 0. The summed E-state index contributed by atoms with van der Waals surface area (Å²) in [5.41, 5.74) is -10.0. The molecule has 2 saturated heterocycles. The number of carbonyl (C=O) groups excluding carboxylic acids is 4. The fourth-order valence-electron chi connectivity index (χ4n) is 8.41. The summed E-state index contributed by atoms with van der Waals surface area (Å²) < 4.78 is 130. The molecule has 2 aliphatic carbocycles. The van der Waals surface area contributed by atoms with Crippen LogP contribution in [0.25, 0.3) is 0 Å². The van der Waals surface area contributed by atoms with Gasteiger partial charge >= 0.3 is 18.0 Å². The molecule has 1 aromatic rings. The standard InChI is InChI=1S/C31H31F9N6O5/c1-27(2,3)21(43-26(50)29(34,30(35,36)37)31(38,39)40)24(48)45-10-16-12-4-15(17(33)5-12)19(16)20(45)23(47)46-11-28(7-14(46)8-41)25(49)44-22-18(51-28)6-13(32)9-42-22/h6,9,12,14-17,19-21H,4-5,7,10-11H2,1-3H3,(H,43,50)(H,42,44,49). The van der Waals surface area contributed by atoms with Crippen LogP contribution in [0.1, 0.15) is 40.0 Å². The molecular formula is C31H31F9N6O5. The summed E-state index contributed by atoms with van der Waals surface area (Å²) in [6.45, 7) is 2.58. The molecule has 2 saturated carbocycles. The first-order valence-corrected chi connectivity index (χ1v) is 15.9. The van der Waals surface area contributed by atoms with Crippen molar-refractivity contribution >= 4 is 29.4 Å². The number of likely N-dealkylation sites (tertiary alicyclic amines) is 2. The van der Waals surface area contributed by atoms with Crippen LogP contribution in [0, 0.1) is 46.2 Å². The Kier molecular flexibility index (Phi) is 8.30. The molecule has 0 radical (unpaired) electrons. The van der Waals surface area contributed by atoms with Crippen LogP contribution in [0.2, 0.25) is 0 Å². The maximum Gasteiger partial charge on any atom is 0.441 e. The van der Waals surface area contributed by atoms with Gasteiger partial charge in [-0.1, -0.05) is 20.8 Å². The molecule has 5 aliphatic rings. The van der Waals surface area contributed by atoms with Gasteiger partial charge in [0, 0.05) is 19.0 Å². The second kappa shape index (κ2) is 11.6. The molecule has 9 unspecified atom stereocenters. The quantitative estimate of drug-likeness (QED) is 0.450. The van der Waals surface area contributed by atoms with Crippen LogP contribution in [0.5, 0.6) is 5.75 Å². The molecule has 2 N–H and O–H groups in total. The zero-order chi connectivity index (χ0) is 37.8. The lowest BCUT2D eigenvalue weighted by Gasteiger charge is -2.39. The van der Waals surface area contributed by atoms with E-state index in [-0.39, 0.29) is 30.5 Å². The van der Waals surface area contributed by atoms with Crippen molar-refractivity contribution in [2.45, 2.75) is 88.0 Å². The zero-order valence-corrected chi connectivity index (χ0v) is 27.0. The Bertz CT molecular complexity index is 1700. The second-order valence-corrected chi connectivity index (χ2v) is 14.9. The van der Waals surface area contributed by atoms with Crippen molar-refractivity contribution in [3.8, 4) is 11.8 Å². The van der Waals surface area contributed by atoms with Gasteiger partial charge in [0.2, 0.25) is 17.4 Å². The van der Waals surface area contributed by atoms with E-state index >= 15 is 4.39 Å². The van der Waals surface area contributed by atoms with E-state index in [4.69, 9.17) is 4.74 Å². The molecule has 278 valence electrons. The highest BCUT2D eigenvalue weighted by Crippen LogP contribution is 2.59. The van der Waals surface area contributed by atoms with E-state index in [1.54, 1.807) is 0 Å². The van der Waals surface area contributed by atoms with Crippen molar-refractivity contribution in [1.29, 1.82) is 5.26 Å². The van der Waals surface area contributed by atoms with Crippen molar-refractivity contribution < 1.29 is 63.4 Å². The van der Waals surface area contributed by atoms with E-state index in [1.165, 1.54) is 26.1 Å². The van der Waals surface area contributed by atoms with Gasteiger partial charge < -0.3 is 25.2 Å². The van der Waals surface area contributed by atoms with E-state index < -0.39 is 113 Å². The summed E-state index contributed by atoms with van der Waals surface area (Å²) in [5.74, 6) is -10.2. The first-order chi connectivity index (χ1) is 23.4. The van der Waals surface area contributed by atoms with Crippen LogP contribution < -0.4 is 15.4 Å². The lowest BCUT2D eigenvalue weighted by atomic mass is 9.77. The molecule has 51 heavy (non-hydrogen) atoms. The van der Waals surface area contributed by atoms with Gasteiger partial charge in [-0.05, 0) is 41.9 Å². The van der Waals surface area contributed by atoms with Crippen LogP contribution in [0.4, 0.5) is 45.3 Å². The van der Waals surface area contributed by atoms with E-state index in [2.05, 4.69) is 10.3 Å². The van der Waals surface area contributed by atoms with Crippen LogP contribution >= 0.6 is 0 Å². The van der Waals surface area contributed by atoms with Gasteiger partial charge in [0.05, 0.1) is 18.8 Å². The predicted octanol–water partition coefficient (Wildman–Crippen LogP) is 3.60. The Balaban J connectivity index is 1.36. The average Bonchev–Trinajstić information content (AvgIpc) is 3.77. The molecule has 6 rings (SSSR count). The Morgan fingerprint density at radius 3 is 2.31 bits per heavy atom. The Morgan fingerprint density at radius 2 is 1.73 bits per heavy atom. The molecule has 20 heteroatoms. The fraction of sp³-hybridized carbons (Fsp3) is 0.677. The van der Waals surface area contributed by atoms with Gasteiger partial charge in [-0.25, -0.2) is 18.2 Å². The number of halogens is 9. The molecule has 11 nitrogen and oxygen atoms in total. The number of rotatable bonds is 4. The van der Waals surface area contributed by atoms with Crippen LogP contribution in [-0.2, 0) is 19.2 Å². The number of hydrogen-bond acceptors (Lipinski definition) is 7. The minimum absolute atomic E-state index is 0.0708. The molecule has 2 bridgehead atoms. The lowest BCUT2D eigenvalue weighted by molar-refractivity contribution is -0.326. The molecule has 4 heterocycles. The normalized spacial score (nSPS) is 32.2. The largest absolute Gasteiger partial charge is 0.471 e. The smallest absolute Gasteiger partial charge is 0.441 e. The van der Waals surface area contributed by atoms with Gasteiger partial charge in [-0.2, -0.15) is 31.6 Å². The number of alkyl halides is 8. The maximum absolute atomic E-state index is 15.2. The molecule has 9 atom stereocenters. The molecule has 3 aliphatic heterocycles. The van der Waals surface area contributed by atoms with Gasteiger partial charge in [0.15, 0.2) is 11.6 Å². The zero-order valence-electron chi connectivity index (χ0n) is 27.0. The average molecular weight is 739 g/mol. The minimum atomic E-state index is -6.77. The number of pyridine rings is 1. The number of anilines is 1.